The van der Waals surface area contributed by atoms with Crippen LogP contribution in [-0.4, -0.2) is 17.1 Å². The first kappa shape index (κ1) is 11.0. The van der Waals surface area contributed by atoms with E-state index in [1.54, 1.807) is 13.3 Å². The third kappa shape index (κ3) is 2.04. The van der Waals surface area contributed by atoms with Crippen LogP contribution in [0.3, 0.4) is 0 Å². The Kier molecular flexibility index (Phi) is 3.15. The molecule has 2 aromatic rings. The zero-order valence-electron chi connectivity index (χ0n) is 9.25. The summed E-state index contributed by atoms with van der Waals surface area (Å²) in [5.74, 6) is 2.07. The van der Waals surface area contributed by atoms with Gasteiger partial charge in [-0.2, -0.15) is 0 Å². The van der Waals surface area contributed by atoms with Crippen molar-refractivity contribution in [2.45, 2.75) is 12.8 Å². The van der Waals surface area contributed by atoms with E-state index in [2.05, 4.69) is 16.0 Å². The number of halogens is 1. The molecule has 0 radical (unpaired) electrons. The number of nitrogens with one attached hydrogen (secondary N) is 1. The molecule has 3 nitrogen and oxygen atoms in total. The van der Waals surface area contributed by atoms with Crippen LogP contribution in [0.1, 0.15) is 11.4 Å². The third-order valence-electron chi connectivity index (χ3n) is 2.46. The van der Waals surface area contributed by atoms with Crippen LogP contribution in [0.25, 0.3) is 11.3 Å². The number of aromatic nitrogens is 2. The number of aryl methyl sites for hydroxylation is 1. The molecule has 0 atom stereocenters. The number of ether oxygens (including phenoxy) is 1. The molecule has 0 amide bonds. The molecule has 1 aromatic heterocycles. The molecule has 0 aliphatic heterocycles. The van der Waals surface area contributed by atoms with Crippen molar-refractivity contribution in [2.24, 2.45) is 0 Å². The maximum absolute atomic E-state index is 5.69. The Bertz CT molecular complexity index is 494. The van der Waals surface area contributed by atoms with E-state index in [1.165, 1.54) is 0 Å². The van der Waals surface area contributed by atoms with Crippen LogP contribution < -0.4 is 4.74 Å². The summed E-state index contributed by atoms with van der Waals surface area (Å²) < 4.78 is 5.22. The van der Waals surface area contributed by atoms with Crippen LogP contribution in [0.4, 0.5) is 0 Å². The van der Waals surface area contributed by atoms with E-state index >= 15 is 0 Å². The highest BCUT2D eigenvalue weighted by Crippen LogP contribution is 2.24. The minimum absolute atomic E-state index is 0.398. The summed E-state index contributed by atoms with van der Waals surface area (Å²) in [6.45, 7) is 2.02. The van der Waals surface area contributed by atoms with Gasteiger partial charge in [-0.25, -0.2) is 4.98 Å². The minimum atomic E-state index is 0.398. The molecule has 16 heavy (non-hydrogen) atoms. The predicted octanol–water partition coefficient (Wildman–Crippen LogP) is 3.13. The summed E-state index contributed by atoms with van der Waals surface area (Å²) >= 11 is 5.69. The van der Waals surface area contributed by atoms with Crippen LogP contribution in [0.5, 0.6) is 5.75 Å². The summed E-state index contributed by atoms with van der Waals surface area (Å²) in [6, 6.07) is 6.01. The minimum Gasteiger partial charge on any atom is -0.496 e. The van der Waals surface area contributed by atoms with E-state index in [0.29, 0.717) is 5.88 Å². The van der Waals surface area contributed by atoms with Gasteiger partial charge < -0.3 is 9.72 Å². The second kappa shape index (κ2) is 4.58. The van der Waals surface area contributed by atoms with Gasteiger partial charge in [-0.05, 0) is 30.7 Å². The van der Waals surface area contributed by atoms with Crippen LogP contribution in [0.15, 0.2) is 24.4 Å². The molecule has 0 spiro atoms. The molecule has 0 fully saturated rings. The maximum Gasteiger partial charge on any atom is 0.121 e. The van der Waals surface area contributed by atoms with Crippen molar-refractivity contribution in [3.8, 4) is 17.0 Å². The van der Waals surface area contributed by atoms with Crippen LogP contribution in [-0.2, 0) is 5.88 Å². The monoisotopic (exact) mass is 236 g/mol. The average molecular weight is 237 g/mol. The summed E-state index contributed by atoms with van der Waals surface area (Å²) in [5.41, 5.74) is 3.16. The molecule has 0 aliphatic rings. The number of aromatic amines is 1. The fourth-order valence-electron chi connectivity index (χ4n) is 1.62. The van der Waals surface area contributed by atoms with Gasteiger partial charge in [-0.1, -0.05) is 0 Å². The second-order valence-electron chi connectivity index (χ2n) is 3.56. The van der Waals surface area contributed by atoms with E-state index in [9.17, 15) is 0 Å². The molecule has 2 rings (SSSR count). The van der Waals surface area contributed by atoms with E-state index in [-0.39, 0.29) is 0 Å². The largest absolute Gasteiger partial charge is 0.496 e. The molecule has 0 saturated carbocycles. The standard InChI is InChI=1S/C12H13ClN2O/c1-8-5-9(3-4-11(8)16-2)10-7-14-12(6-13)15-10/h3-5,7H,6H2,1-2H3,(H,14,15). The molecular weight excluding hydrogens is 224 g/mol. The van der Waals surface area contributed by atoms with Crippen molar-refractivity contribution < 1.29 is 4.74 Å². The van der Waals surface area contributed by atoms with Gasteiger partial charge >= 0.3 is 0 Å². The highest BCUT2D eigenvalue weighted by Gasteiger charge is 2.05. The normalized spacial score (nSPS) is 10.4. The number of benzene rings is 1. The number of alkyl halides is 1. The number of nitrogens with zero attached hydrogens (tertiary/aromatic N) is 1. The summed E-state index contributed by atoms with van der Waals surface area (Å²) in [4.78, 5) is 7.32. The Morgan fingerprint density at radius 2 is 2.25 bits per heavy atom. The topological polar surface area (TPSA) is 37.9 Å². The molecule has 0 saturated heterocycles. The molecule has 4 heteroatoms. The fraction of sp³-hybridized carbons (Fsp3) is 0.250. The van der Waals surface area contributed by atoms with Gasteiger partial charge in [0.25, 0.3) is 0 Å². The lowest BCUT2D eigenvalue weighted by Gasteiger charge is -2.05. The number of H-pyrrole nitrogens is 1. The fourth-order valence-corrected chi connectivity index (χ4v) is 1.76. The van der Waals surface area contributed by atoms with Crippen LogP contribution >= 0.6 is 11.6 Å². The van der Waals surface area contributed by atoms with Gasteiger partial charge in [0.2, 0.25) is 0 Å². The second-order valence-corrected chi connectivity index (χ2v) is 3.83. The van der Waals surface area contributed by atoms with E-state index in [0.717, 1.165) is 28.4 Å². The Morgan fingerprint density at radius 3 is 2.81 bits per heavy atom. The first-order valence-corrected chi connectivity index (χ1v) is 5.53. The molecule has 1 aromatic carbocycles. The number of hydrogen-bond donors (Lipinski definition) is 1. The molecule has 84 valence electrons. The lowest BCUT2D eigenvalue weighted by Crippen LogP contribution is -1.88. The van der Waals surface area contributed by atoms with Crippen molar-refractivity contribution in [3.63, 3.8) is 0 Å². The van der Waals surface area contributed by atoms with Crippen molar-refractivity contribution in [1.29, 1.82) is 0 Å². The van der Waals surface area contributed by atoms with Crippen molar-refractivity contribution in [3.05, 3.63) is 35.8 Å². The van der Waals surface area contributed by atoms with Gasteiger partial charge in [-0.3, -0.25) is 0 Å². The quantitative estimate of drug-likeness (QED) is 0.832. The lowest BCUT2D eigenvalue weighted by molar-refractivity contribution is 0.412. The highest BCUT2D eigenvalue weighted by atomic mass is 35.5. The summed E-state index contributed by atoms with van der Waals surface area (Å²) in [6.07, 6.45) is 1.79. The van der Waals surface area contributed by atoms with Crippen molar-refractivity contribution in [2.75, 3.05) is 7.11 Å². The lowest BCUT2D eigenvalue weighted by atomic mass is 10.1. The Balaban J connectivity index is 2.37. The molecule has 1 N–H and O–H groups in total. The number of imidazole rings is 1. The van der Waals surface area contributed by atoms with Gasteiger partial charge in [0.15, 0.2) is 0 Å². The number of rotatable bonds is 3. The average Bonchev–Trinajstić information content (AvgIpc) is 2.77. The third-order valence-corrected chi connectivity index (χ3v) is 2.71. The van der Waals surface area contributed by atoms with Crippen LogP contribution in [0.2, 0.25) is 0 Å². The summed E-state index contributed by atoms with van der Waals surface area (Å²) in [5, 5.41) is 0. The molecular formula is C12H13ClN2O. The molecule has 0 aliphatic carbocycles. The highest BCUT2D eigenvalue weighted by molar-refractivity contribution is 6.16. The Labute approximate surface area is 99.4 Å². The van der Waals surface area contributed by atoms with Gasteiger partial charge in [0.1, 0.15) is 11.6 Å². The maximum atomic E-state index is 5.69. The number of hydrogen-bond acceptors (Lipinski definition) is 2. The molecule has 0 bridgehead atoms. The Hall–Kier alpha value is -1.48. The smallest absolute Gasteiger partial charge is 0.121 e. The first-order valence-electron chi connectivity index (χ1n) is 4.99. The van der Waals surface area contributed by atoms with E-state index in [4.69, 9.17) is 16.3 Å². The van der Waals surface area contributed by atoms with Crippen molar-refractivity contribution >= 4 is 11.6 Å². The Morgan fingerprint density at radius 1 is 1.44 bits per heavy atom. The van der Waals surface area contributed by atoms with E-state index in [1.807, 2.05) is 19.1 Å². The zero-order valence-corrected chi connectivity index (χ0v) is 10.0. The summed E-state index contributed by atoms with van der Waals surface area (Å²) in [7, 11) is 1.67. The number of methoxy groups -OCH3 is 1. The van der Waals surface area contributed by atoms with E-state index < -0.39 is 0 Å². The van der Waals surface area contributed by atoms with Crippen LogP contribution in [0, 0.1) is 6.92 Å². The van der Waals surface area contributed by atoms with Gasteiger partial charge in [-0.15, -0.1) is 11.6 Å². The SMILES string of the molecule is COc1ccc(-c2cnc(CCl)[nH]2)cc1C. The van der Waals surface area contributed by atoms with Gasteiger partial charge in [0.05, 0.1) is 24.9 Å². The predicted molar refractivity (Wildman–Crippen MR) is 64.9 cm³/mol. The van der Waals surface area contributed by atoms with Crippen molar-refractivity contribution in [1.82, 2.24) is 9.97 Å². The molecule has 0 unspecified atom stereocenters. The van der Waals surface area contributed by atoms with Gasteiger partial charge in [0, 0.05) is 5.56 Å². The zero-order chi connectivity index (χ0) is 11.5. The first-order chi connectivity index (χ1) is 7.74. The molecule has 1 heterocycles.